The van der Waals surface area contributed by atoms with Gasteiger partial charge in [0, 0.05) is 6.54 Å². The van der Waals surface area contributed by atoms with Gasteiger partial charge in [-0.2, -0.15) is 0 Å². The van der Waals surface area contributed by atoms with Crippen LogP contribution in [0, 0.1) is 5.82 Å². The molecule has 0 bridgehead atoms. The number of hydrogen-bond acceptors (Lipinski definition) is 3. The summed E-state index contributed by atoms with van der Waals surface area (Å²) in [6.45, 7) is 3.60. The second-order valence-corrected chi connectivity index (χ2v) is 7.02. The molecular formula is C17H19FN2O3S. The van der Waals surface area contributed by atoms with Crippen LogP contribution < -0.4 is 10.0 Å². The first-order valence-corrected chi connectivity index (χ1v) is 8.98. The average molecular weight is 350 g/mol. The molecule has 2 aromatic carbocycles. The Morgan fingerprint density at radius 1 is 1.17 bits per heavy atom. The minimum Gasteiger partial charge on any atom is -0.345 e. The molecule has 7 heteroatoms. The minimum atomic E-state index is -3.76. The van der Waals surface area contributed by atoms with E-state index in [2.05, 4.69) is 10.0 Å². The Labute approximate surface area is 141 Å². The van der Waals surface area contributed by atoms with Crippen LogP contribution in [0.5, 0.6) is 0 Å². The quantitative estimate of drug-likeness (QED) is 0.841. The second kappa shape index (κ2) is 7.55. The number of halogens is 1. The molecule has 24 heavy (non-hydrogen) atoms. The van der Waals surface area contributed by atoms with Crippen molar-refractivity contribution in [3.8, 4) is 0 Å². The lowest BCUT2D eigenvalue weighted by Crippen LogP contribution is -2.28. The average Bonchev–Trinajstić information content (AvgIpc) is 2.55. The van der Waals surface area contributed by atoms with Crippen molar-refractivity contribution in [3.63, 3.8) is 0 Å². The number of amides is 1. The van der Waals surface area contributed by atoms with Crippen LogP contribution in [0.25, 0.3) is 0 Å². The molecule has 0 aromatic heterocycles. The highest BCUT2D eigenvalue weighted by atomic mass is 32.2. The highest BCUT2D eigenvalue weighted by Crippen LogP contribution is 2.17. The summed E-state index contributed by atoms with van der Waals surface area (Å²) in [7, 11) is -3.76. The van der Waals surface area contributed by atoms with Crippen LogP contribution in [0.1, 0.15) is 35.8 Å². The molecule has 0 saturated heterocycles. The van der Waals surface area contributed by atoms with Crippen LogP contribution in [0.4, 0.5) is 4.39 Å². The standard InChI is InChI=1S/C17H19FN2O3S/c1-3-19-24(22,23)14-9-10-16(18)15(11-14)17(21)20-12(2)13-7-5-4-6-8-13/h4-12,19H,3H2,1-2H3,(H,20,21). The zero-order valence-electron chi connectivity index (χ0n) is 13.4. The number of carbonyl (C=O) groups is 1. The maximum atomic E-state index is 14.0. The molecule has 0 heterocycles. The third-order valence-electron chi connectivity index (χ3n) is 3.47. The normalized spacial score (nSPS) is 12.6. The van der Waals surface area contributed by atoms with E-state index in [1.165, 1.54) is 0 Å². The first-order chi connectivity index (χ1) is 11.3. The van der Waals surface area contributed by atoms with Gasteiger partial charge in [-0.15, -0.1) is 0 Å². The van der Waals surface area contributed by atoms with Crippen molar-refractivity contribution in [2.75, 3.05) is 6.54 Å². The van der Waals surface area contributed by atoms with Crippen LogP contribution in [0.3, 0.4) is 0 Å². The summed E-state index contributed by atoms with van der Waals surface area (Å²) in [5.41, 5.74) is 0.555. The van der Waals surface area contributed by atoms with Crippen molar-refractivity contribution in [2.24, 2.45) is 0 Å². The molecule has 128 valence electrons. The molecule has 2 N–H and O–H groups in total. The van der Waals surface area contributed by atoms with Crippen LogP contribution in [0.15, 0.2) is 53.4 Å². The van der Waals surface area contributed by atoms with Gasteiger partial charge in [-0.3, -0.25) is 4.79 Å². The van der Waals surface area contributed by atoms with Gasteiger partial charge in [0.2, 0.25) is 10.0 Å². The molecule has 0 aliphatic heterocycles. The summed E-state index contributed by atoms with van der Waals surface area (Å²) in [5.74, 6) is -1.44. The lowest BCUT2D eigenvalue weighted by atomic mass is 10.1. The van der Waals surface area contributed by atoms with E-state index in [4.69, 9.17) is 0 Å². The lowest BCUT2D eigenvalue weighted by Gasteiger charge is -2.15. The van der Waals surface area contributed by atoms with Gasteiger partial charge < -0.3 is 5.32 Å². The van der Waals surface area contributed by atoms with E-state index in [9.17, 15) is 17.6 Å². The van der Waals surface area contributed by atoms with Gasteiger partial charge in [0.15, 0.2) is 0 Å². The molecule has 2 rings (SSSR count). The van der Waals surface area contributed by atoms with Crippen molar-refractivity contribution in [1.82, 2.24) is 10.0 Å². The number of carbonyl (C=O) groups excluding carboxylic acids is 1. The van der Waals surface area contributed by atoms with Crippen molar-refractivity contribution >= 4 is 15.9 Å². The topological polar surface area (TPSA) is 75.3 Å². The SMILES string of the molecule is CCNS(=O)(=O)c1ccc(F)c(C(=O)NC(C)c2ccccc2)c1. The van der Waals surface area contributed by atoms with E-state index in [-0.39, 0.29) is 23.0 Å². The fourth-order valence-electron chi connectivity index (χ4n) is 2.22. The van der Waals surface area contributed by atoms with Gasteiger partial charge in [-0.1, -0.05) is 37.3 Å². The molecule has 0 aliphatic rings. The Kier molecular flexibility index (Phi) is 5.69. The highest BCUT2D eigenvalue weighted by molar-refractivity contribution is 7.89. The van der Waals surface area contributed by atoms with Gasteiger partial charge in [-0.05, 0) is 30.7 Å². The monoisotopic (exact) mass is 350 g/mol. The second-order valence-electron chi connectivity index (χ2n) is 5.25. The van der Waals surface area contributed by atoms with Crippen LogP contribution in [-0.2, 0) is 10.0 Å². The molecule has 0 fully saturated rings. The third-order valence-corrected chi connectivity index (χ3v) is 5.02. The zero-order valence-corrected chi connectivity index (χ0v) is 14.2. The lowest BCUT2D eigenvalue weighted by molar-refractivity contribution is 0.0935. The third kappa shape index (κ3) is 4.18. The number of nitrogens with one attached hydrogen (secondary N) is 2. The molecule has 0 aliphatic carbocycles. The predicted octanol–water partition coefficient (Wildman–Crippen LogP) is 2.61. The number of hydrogen-bond donors (Lipinski definition) is 2. The fourth-order valence-corrected chi connectivity index (χ4v) is 3.29. The zero-order chi connectivity index (χ0) is 17.7. The highest BCUT2D eigenvalue weighted by Gasteiger charge is 2.20. The maximum absolute atomic E-state index is 14.0. The van der Waals surface area contributed by atoms with Crippen molar-refractivity contribution in [3.05, 3.63) is 65.5 Å². The van der Waals surface area contributed by atoms with Crippen LogP contribution >= 0.6 is 0 Å². The first kappa shape index (κ1) is 18.1. The summed E-state index contributed by atoms with van der Waals surface area (Å²) in [5, 5.41) is 2.67. The molecule has 2 aromatic rings. The van der Waals surface area contributed by atoms with E-state index in [1.807, 2.05) is 30.3 Å². The largest absolute Gasteiger partial charge is 0.345 e. The molecule has 0 spiro atoms. The van der Waals surface area contributed by atoms with E-state index in [0.29, 0.717) is 0 Å². The summed E-state index contributed by atoms with van der Waals surface area (Å²) in [6.07, 6.45) is 0. The molecule has 1 atom stereocenters. The van der Waals surface area contributed by atoms with E-state index < -0.39 is 21.7 Å². The Bertz CT molecular complexity index is 823. The summed E-state index contributed by atoms with van der Waals surface area (Å²) in [4.78, 5) is 12.2. The van der Waals surface area contributed by atoms with Crippen LogP contribution in [0.2, 0.25) is 0 Å². The number of rotatable bonds is 6. The van der Waals surface area contributed by atoms with E-state index in [0.717, 1.165) is 23.8 Å². The van der Waals surface area contributed by atoms with Gasteiger partial charge in [-0.25, -0.2) is 17.5 Å². The summed E-state index contributed by atoms with van der Waals surface area (Å²) in [6, 6.07) is 12.0. The van der Waals surface area contributed by atoms with Gasteiger partial charge >= 0.3 is 0 Å². The smallest absolute Gasteiger partial charge is 0.254 e. The number of sulfonamides is 1. The molecule has 0 radical (unpaired) electrons. The Morgan fingerprint density at radius 2 is 1.83 bits per heavy atom. The molecular weight excluding hydrogens is 331 g/mol. The van der Waals surface area contributed by atoms with Crippen molar-refractivity contribution in [2.45, 2.75) is 24.8 Å². The van der Waals surface area contributed by atoms with Crippen molar-refractivity contribution < 1.29 is 17.6 Å². The van der Waals surface area contributed by atoms with E-state index >= 15 is 0 Å². The predicted molar refractivity (Wildman–Crippen MR) is 89.6 cm³/mol. The van der Waals surface area contributed by atoms with Crippen LogP contribution in [-0.4, -0.2) is 20.9 Å². The Balaban J connectivity index is 2.26. The molecule has 0 saturated carbocycles. The Hall–Kier alpha value is -2.25. The minimum absolute atomic E-state index is 0.150. The summed E-state index contributed by atoms with van der Waals surface area (Å²) < 4.78 is 40.3. The number of benzene rings is 2. The molecule has 1 amide bonds. The van der Waals surface area contributed by atoms with Gasteiger partial charge in [0.05, 0.1) is 16.5 Å². The molecule has 1 unspecified atom stereocenters. The Morgan fingerprint density at radius 3 is 2.46 bits per heavy atom. The van der Waals surface area contributed by atoms with Gasteiger partial charge in [0.25, 0.3) is 5.91 Å². The summed E-state index contributed by atoms with van der Waals surface area (Å²) >= 11 is 0. The van der Waals surface area contributed by atoms with E-state index in [1.54, 1.807) is 13.8 Å². The van der Waals surface area contributed by atoms with Gasteiger partial charge in [0.1, 0.15) is 5.82 Å². The first-order valence-electron chi connectivity index (χ1n) is 7.50. The molecule has 5 nitrogen and oxygen atoms in total. The van der Waals surface area contributed by atoms with Crippen molar-refractivity contribution in [1.29, 1.82) is 0 Å². The fraction of sp³-hybridized carbons (Fsp3) is 0.235. The maximum Gasteiger partial charge on any atom is 0.254 e.